The molecule has 1 aromatic heterocycles. The largest absolute Gasteiger partial charge is 0.344 e. The summed E-state index contributed by atoms with van der Waals surface area (Å²) in [6.07, 6.45) is 1.26. The van der Waals surface area contributed by atoms with Crippen LogP contribution in [0.1, 0.15) is 5.69 Å². The van der Waals surface area contributed by atoms with E-state index in [4.69, 9.17) is 0 Å². The highest BCUT2D eigenvalue weighted by Crippen LogP contribution is 2.32. The minimum atomic E-state index is 0.850. The number of fused-ring (bicyclic) bond motifs is 4. The number of hydrogen-bond acceptors (Lipinski definition) is 1. The molecule has 1 saturated heterocycles. The van der Waals surface area contributed by atoms with Crippen molar-refractivity contribution in [1.82, 2.24) is 9.88 Å². The van der Waals surface area contributed by atoms with Gasteiger partial charge in [-0.25, -0.2) is 0 Å². The van der Waals surface area contributed by atoms with Gasteiger partial charge in [0.05, 0.1) is 0 Å². The maximum absolute atomic E-state index is 3.52. The predicted octanol–water partition coefficient (Wildman–Crippen LogP) is 2.03. The van der Waals surface area contributed by atoms with Crippen molar-refractivity contribution < 1.29 is 0 Å². The summed E-state index contributed by atoms with van der Waals surface area (Å²) in [4.78, 5) is 0. The van der Waals surface area contributed by atoms with Gasteiger partial charge >= 0.3 is 0 Å². The van der Waals surface area contributed by atoms with E-state index >= 15 is 0 Å². The van der Waals surface area contributed by atoms with Crippen LogP contribution in [0.3, 0.4) is 0 Å². The Hall–Kier alpha value is -1.28. The Labute approximate surface area is 95.3 Å². The third-order valence-electron chi connectivity index (χ3n) is 4.26. The zero-order chi connectivity index (χ0) is 10.5. The highest BCUT2D eigenvalue weighted by Gasteiger charge is 2.32. The van der Waals surface area contributed by atoms with E-state index in [1.165, 1.54) is 42.7 Å². The second kappa shape index (κ2) is 3.11. The summed E-state index contributed by atoms with van der Waals surface area (Å²) in [6.45, 7) is 3.63. The molecule has 0 amide bonds. The first-order valence-electron chi connectivity index (χ1n) is 6.20. The van der Waals surface area contributed by atoms with Crippen molar-refractivity contribution in [3.05, 3.63) is 36.0 Å². The lowest BCUT2D eigenvalue weighted by molar-refractivity contribution is 0.324. The first kappa shape index (κ1) is 8.82. The van der Waals surface area contributed by atoms with E-state index in [9.17, 15) is 0 Å². The van der Waals surface area contributed by atoms with Crippen LogP contribution in [0.4, 0.5) is 0 Å². The van der Waals surface area contributed by atoms with Gasteiger partial charge in [0, 0.05) is 17.8 Å². The average molecular weight is 212 g/mol. The molecule has 1 fully saturated rings. The van der Waals surface area contributed by atoms with E-state index in [0.29, 0.717) is 0 Å². The highest BCUT2D eigenvalue weighted by atomic mass is 15.0. The minimum absolute atomic E-state index is 0.850. The van der Waals surface area contributed by atoms with Gasteiger partial charge in [0.1, 0.15) is 0 Å². The smallest absolute Gasteiger partial charge is 0.0482 e. The van der Waals surface area contributed by atoms with Crippen LogP contribution in [0.15, 0.2) is 30.3 Å². The summed E-state index contributed by atoms with van der Waals surface area (Å²) < 4.78 is 2.53. The van der Waals surface area contributed by atoms with E-state index in [-0.39, 0.29) is 0 Å². The van der Waals surface area contributed by atoms with Crippen molar-refractivity contribution >= 4 is 10.9 Å². The number of benzene rings is 1. The molecule has 0 bridgehead atoms. The average Bonchev–Trinajstić information content (AvgIpc) is 2.88. The summed E-state index contributed by atoms with van der Waals surface area (Å²) in [5.74, 6) is 1.72. The Morgan fingerprint density at radius 1 is 1.12 bits per heavy atom. The third kappa shape index (κ3) is 1.11. The molecule has 1 N–H and O–H groups in total. The fraction of sp³-hybridized carbons (Fsp3) is 0.429. The summed E-state index contributed by atoms with van der Waals surface area (Å²) in [5, 5.41) is 4.93. The highest BCUT2D eigenvalue weighted by molar-refractivity contribution is 5.81. The van der Waals surface area contributed by atoms with Crippen molar-refractivity contribution in [3.63, 3.8) is 0 Å². The quantitative estimate of drug-likeness (QED) is 0.707. The molecule has 0 saturated carbocycles. The lowest BCUT2D eigenvalue weighted by atomic mass is 9.88. The maximum Gasteiger partial charge on any atom is 0.0482 e. The van der Waals surface area contributed by atoms with Crippen LogP contribution in [-0.2, 0) is 13.0 Å². The topological polar surface area (TPSA) is 17.0 Å². The molecule has 2 aliphatic rings. The van der Waals surface area contributed by atoms with Crippen molar-refractivity contribution in [2.75, 3.05) is 13.1 Å². The van der Waals surface area contributed by atoms with Crippen LogP contribution in [0, 0.1) is 11.8 Å². The van der Waals surface area contributed by atoms with Crippen LogP contribution in [0.25, 0.3) is 10.9 Å². The lowest BCUT2D eigenvalue weighted by Gasteiger charge is -2.27. The van der Waals surface area contributed by atoms with E-state index in [2.05, 4.69) is 40.2 Å². The van der Waals surface area contributed by atoms with E-state index in [1.807, 2.05) is 0 Å². The van der Waals surface area contributed by atoms with Crippen molar-refractivity contribution in [3.8, 4) is 0 Å². The van der Waals surface area contributed by atoms with E-state index < -0.39 is 0 Å². The van der Waals surface area contributed by atoms with Gasteiger partial charge in [-0.3, -0.25) is 0 Å². The van der Waals surface area contributed by atoms with Crippen LogP contribution >= 0.6 is 0 Å². The Kier molecular flexibility index (Phi) is 1.71. The SMILES string of the molecule is c1ccc2c(c1)cc1n2CC2CNCC2C1. The van der Waals surface area contributed by atoms with E-state index in [0.717, 1.165) is 11.8 Å². The fourth-order valence-corrected chi connectivity index (χ4v) is 3.40. The Morgan fingerprint density at radius 2 is 2.00 bits per heavy atom. The molecule has 2 unspecified atom stereocenters. The third-order valence-corrected chi connectivity index (χ3v) is 4.26. The standard InChI is InChI=1S/C14H16N2/c1-2-4-14-10(3-1)5-13-6-11-7-15-8-12(11)9-16(13)14/h1-5,11-12,15H,6-9H2. The number of nitrogens with one attached hydrogen (secondary N) is 1. The molecule has 16 heavy (non-hydrogen) atoms. The van der Waals surface area contributed by atoms with Gasteiger partial charge in [0.2, 0.25) is 0 Å². The molecule has 4 rings (SSSR count). The molecule has 2 nitrogen and oxygen atoms in total. The summed E-state index contributed by atoms with van der Waals surface area (Å²) in [5.41, 5.74) is 2.95. The summed E-state index contributed by atoms with van der Waals surface area (Å²) in [7, 11) is 0. The summed E-state index contributed by atoms with van der Waals surface area (Å²) >= 11 is 0. The van der Waals surface area contributed by atoms with Crippen LogP contribution in [0.5, 0.6) is 0 Å². The van der Waals surface area contributed by atoms with Gasteiger partial charge in [-0.05, 0) is 48.9 Å². The number of para-hydroxylation sites is 1. The van der Waals surface area contributed by atoms with Gasteiger partial charge < -0.3 is 9.88 Å². The van der Waals surface area contributed by atoms with Gasteiger partial charge in [0.25, 0.3) is 0 Å². The van der Waals surface area contributed by atoms with Crippen molar-refractivity contribution in [2.45, 2.75) is 13.0 Å². The molecule has 1 aromatic carbocycles. The van der Waals surface area contributed by atoms with Gasteiger partial charge in [-0.1, -0.05) is 18.2 Å². The maximum atomic E-state index is 3.52. The number of nitrogens with zero attached hydrogens (tertiary/aromatic N) is 1. The first-order valence-corrected chi connectivity index (χ1v) is 6.20. The zero-order valence-electron chi connectivity index (χ0n) is 9.32. The predicted molar refractivity (Wildman–Crippen MR) is 65.5 cm³/mol. The fourth-order valence-electron chi connectivity index (χ4n) is 3.40. The molecule has 2 aromatic rings. The molecule has 82 valence electrons. The monoisotopic (exact) mass is 212 g/mol. The summed E-state index contributed by atoms with van der Waals surface area (Å²) in [6, 6.07) is 11.1. The van der Waals surface area contributed by atoms with Crippen LogP contribution in [0.2, 0.25) is 0 Å². The normalized spacial score (nSPS) is 28.0. The lowest BCUT2D eigenvalue weighted by Crippen LogP contribution is -2.27. The second-order valence-electron chi connectivity index (χ2n) is 5.19. The first-order chi connectivity index (χ1) is 7.92. The Balaban J connectivity index is 1.89. The molecular weight excluding hydrogens is 196 g/mol. The number of aromatic nitrogens is 1. The molecule has 2 heteroatoms. The molecule has 2 atom stereocenters. The van der Waals surface area contributed by atoms with E-state index in [1.54, 1.807) is 0 Å². The molecule has 2 aliphatic heterocycles. The van der Waals surface area contributed by atoms with Crippen LogP contribution in [-0.4, -0.2) is 17.7 Å². The van der Waals surface area contributed by atoms with Crippen molar-refractivity contribution in [2.24, 2.45) is 11.8 Å². The number of hydrogen-bond donors (Lipinski definition) is 1. The molecule has 0 spiro atoms. The Morgan fingerprint density at radius 3 is 3.00 bits per heavy atom. The minimum Gasteiger partial charge on any atom is -0.344 e. The Bertz CT molecular complexity index is 541. The van der Waals surface area contributed by atoms with Gasteiger partial charge in [-0.15, -0.1) is 0 Å². The molecule has 0 radical (unpaired) electrons. The van der Waals surface area contributed by atoms with Crippen LogP contribution < -0.4 is 5.32 Å². The van der Waals surface area contributed by atoms with Gasteiger partial charge in [0.15, 0.2) is 0 Å². The van der Waals surface area contributed by atoms with Crippen molar-refractivity contribution in [1.29, 1.82) is 0 Å². The number of rotatable bonds is 0. The molecule has 0 aliphatic carbocycles. The second-order valence-corrected chi connectivity index (χ2v) is 5.19. The zero-order valence-corrected chi connectivity index (χ0v) is 9.32. The van der Waals surface area contributed by atoms with Gasteiger partial charge in [-0.2, -0.15) is 0 Å². The molecular formula is C14H16N2. The molecule has 3 heterocycles.